The first-order valence-electron chi connectivity index (χ1n) is 7.76. The zero-order valence-electron chi connectivity index (χ0n) is 13.9. The molecule has 0 saturated heterocycles. The zero-order valence-corrected chi connectivity index (χ0v) is 13.9. The molecule has 25 heavy (non-hydrogen) atoms. The Labute approximate surface area is 146 Å². The number of nitriles is 1. The minimum atomic E-state index is -0.345. The molecule has 0 aliphatic rings. The fourth-order valence-electron chi connectivity index (χ4n) is 2.25. The summed E-state index contributed by atoms with van der Waals surface area (Å²) in [6.45, 7) is 0.250. The maximum atomic E-state index is 12.3. The number of methoxy groups -OCH3 is 1. The van der Waals surface area contributed by atoms with Gasteiger partial charge in [0.15, 0.2) is 0 Å². The van der Waals surface area contributed by atoms with Crippen LogP contribution in [0, 0.1) is 11.3 Å². The van der Waals surface area contributed by atoms with Crippen molar-refractivity contribution >= 4 is 17.5 Å². The summed E-state index contributed by atoms with van der Waals surface area (Å²) >= 11 is 0. The molecular weight excluding hydrogens is 318 g/mol. The van der Waals surface area contributed by atoms with E-state index in [1.54, 1.807) is 31.4 Å². The summed E-state index contributed by atoms with van der Waals surface area (Å²) in [5.41, 5.74) is 2.29. The quantitative estimate of drug-likeness (QED) is 0.811. The van der Waals surface area contributed by atoms with Crippen LogP contribution >= 0.6 is 0 Å². The van der Waals surface area contributed by atoms with Gasteiger partial charge in [-0.2, -0.15) is 5.26 Å². The SMILES string of the molecule is COc1ccc(CC(=O)Nc2ccccc2CNC(=O)CC#N)cc1. The molecule has 0 bridgehead atoms. The third-order valence-corrected chi connectivity index (χ3v) is 3.53. The first-order chi connectivity index (χ1) is 12.1. The number of ether oxygens (including phenoxy) is 1. The average Bonchev–Trinajstić information content (AvgIpc) is 2.62. The van der Waals surface area contributed by atoms with E-state index in [4.69, 9.17) is 10.00 Å². The highest BCUT2D eigenvalue weighted by Crippen LogP contribution is 2.16. The van der Waals surface area contributed by atoms with Crippen molar-refractivity contribution in [3.63, 3.8) is 0 Å². The summed E-state index contributed by atoms with van der Waals surface area (Å²) in [5, 5.41) is 14.0. The van der Waals surface area contributed by atoms with Crippen LogP contribution in [0.5, 0.6) is 5.75 Å². The number of benzene rings is 2. The van der Waals surface area contributed by atoms with Gasteiger partial charge in [0.25, 0.3) is 0 Å². The second kappa shape index (κ2) is 9.08. The van der Waals surface area contributed by atoms with E-state index >= 15 is 0 Å². The molecule has 2 N–H and O–H groups in total. The van der Waals surface area contributed by atoms with Crippen LogP contribution in [0.1, 0.15) is 17.5 Å². The number of nitrogens with zero attached hydrogens (tertiary/aromatic N) is 1. The van der Waals surface area contributed by atoms with E-state index in [2.05, 4.69) is 10.6 Å². The van der Waals surface area contributed by atoms with Gasteiger partial charge >= 0.3 is 0 Å². The predicted molar refractivity (Wildman–Crippen MR) is 93.8 cm³/mol. The minimum absolute atomic E-state index is 0.152. The summed E-state index contributed by atoms with van der Waals surface area (Å²) in [6, 6.07) is 16.3. The Morgan fingerprint density at radius 2 is 1.80 bits per heavy atom. The molecule has 2 aromatic carbocycles. The molecule has 0 aliphatic heterocycles. The van der Waals surface area contributed by atoms with Crippen LogP contribution in [0.4, 0.5) is 5.69 Å². The number of hydrogen-bond acceptors (Lipinski definition) is 4. The van der Waals surface area contributed by atoms with Crippen LogP contribution in [0.15, 0.2) is 48.5 Å². The van der Waals surface area contributed by atoms with E-state index in [1.807, 2.05) is 30.3 Å². The maximum absolute atomic E-state index is 12.3. The minimum Gasteiger partial charge on any atom is -0.497 e. The van der Waals surface area contributed by atoms with E-state index in [1.165, 1.54) is 0 Å². The zero-order chi connectivity index (χ0) is 18.1. The van der Waals surface area contributed by atoms with E-state index in [0.29, 0.717) is 5.69 Å². The monoisotopic (exact) mass is 337 g/mol. The van der Waals surface area contributed by atoms with Crippen molar-refractivity contribution in [3.05, 3.63) is 59.7 Å². The highest BCUT2D eigenvalue weighted by atomic mass is 16.5. The van der Waals surface area contributed by atoms with E-state index in [-0.39, 0.29) is 31.2 Å². The van der Waals surface area contributed by atoms with E-state index in [0.717, 1.165) is 16.9 Å². The van der Waals surface area contributed by atoms with Gasteiger partial charge < -0.3 is 15.4 Å². The lowest BCUT2D eigenvalue weighted by molar-refractivity contribution is -0.120. The van der Waals surface area contributed by atoms with Crippen LogP contribution in [-0.4, -0.2) is 18.9 Å². The van der Waals surface area contributed by atoms with Crippen LogP contribution < -0.4 is 15.4 Å². The van der Waals surface area contributed by atoms with Crippen molar-refractivity contribution < 1.29 is 14.3 Å². The summed E-state index contributed by atoms with van der Waals surface area (Å²) in [7, 11) is 1.59. The van der Waals surface area contributed by atoms with Gasteiger partial charge in [-0.05, 0) is 29.3 Å². The van der Waals surface area contributed by atoms with Gasteiger partial charge in [-0.25, -0.2) is 0 Å². The molecule has 0 spiro atoms. The van der Waals surface area contributed by atoms with Crippen molar-refractivity contribution in [1.29, 1.82) is 5.26 Å². The molecule has 0 heterocycles. The normalized spacial score (nSPS) is 9.76. The Hall–Kier alpha value is -3.33. The number of anilines is 1. The lowest BCUT2D eigenvalue weighted by Crippen LogP contribution is -2.23. The van der Waals surface area contributed by atoms with E-state index < -0.39 is 0 Å². The molecule has 0 atom stereocenters. The van der Waals surface area contributed by atoms with Crippen LogP contribution in [0.3, 0.4) is 0 Å². The molecule has 128 valence electrons. The van der Waals surface area contributed by atoms with Crippen LogP contribution in [0.25, 0.3) is 0 Å². The molecule has 6 nitrogen and oxygen atoms in total. The largest absolute Gasteiger partial charge is 0.497 e. The fourth-order valence-corrected chi connectivity index (χ4v) is 2.25. The van der Waals surface area contributed by atoms with Gasteiger partial charge in [-0.1, -0.05) is 30.3 Å². The predicted octanol–water partition coefficient (Wildman–Crippen LogP) is 2.41. The number of rotatable bonds is 7. The van der Waals surface area contributed by atoms with Crippen molar-refractivity contribution in [2.24, 2.45) is 0 Å². The summed E-state index contributed by atoms with van der Waals surface area (Å²) in [5.74, 6) is 0.241. The van der Waals surface area contributed by atoms with Gasteiger partial charge in [0, 0.05) is 12.2 Å². The van der Waals surface area contributed by atoms with Gasteiger partial charge in [-0.3, -0.25) is 9.59 Å². The molecule has 0 fully saturated rings. The number of para-hydroxylation sites is 1. The van der Waals surface area contributed by atoms with Gasteiger partial charge in [0.05, 0.1) is 19.6 Å². The summed E-state index contributed by atoms with van der Waals surface area (Å²) in [6.07, 6.45) is 0.0467. The molecule has 6 heteroatoms. The molecular formula is C19H19N3O3. The Balaban J connectivity index is 1.97. The summed E-state index contributed by atoms with van der Waals surface area (Å²) < 4.78 is 5.09. The van der Waals surface area contributed by atoms with Crippen LogP contribution in [0.2, 0.25) is 0 Å². The Morgan fingerprint density at radius 1 is 1.08 bits per heavy atom. The van der Waals surface area contributed by atoms with Crippen molar-refractivity contribution in [1.82, 2.24) is 5.32 Å². The molecule has 2 aromatic rings. The molecule has 2 amide bonds. The first-order valence-corrected chi connectivity index (χ1v) is 7.76. The lowest BCUT2D eigenvalue weighted by Gasteiger charge is -2.12. The highest BCUT2D eigenvalue weighted by molar-refractivity contribution is 5.93. The number of amides is 2. The Bertz CT molecular complexity index is 779. The molecule has 0 radical (unpaired) electrons. The Morgan fingerprint density at radius 3 is 2.48 bits per heavy atom. The number of carbonyl (C=O) groups excluding carboxylic acids is 2. The van der Waals surface area contributed by atoms with Gasteiger partial charge in [-0.15, -0.1) is 0 Å². The van der Waals surface area contributed by atoms with Gasteiger partial charge in [0.2, 0.25) is 11.8 Å². The molecule has 2 rings (SSSR count). The smallest absolute Gasteiger partial charge is 0.234 e. The summed E-state index contributed by atoms with van der Waals surface area (Å²) in [4.78, 5) is 23.7. The molecule has 0 saturated carbocycles. The second-order valence-corrected chi connectivity index (χ2v) is 5.34. The first kappa shape index (κ1) is 18.0. The lowest BCUT2D eigenvalue weighted by atomic mass is 10.1. The molecule has 0 aromatic heterocycles. The second-order valence-electron chi connectivity index (χ2n) is 5.34. The third-order valence-electron chi connectivity index (χ3n) is 3.53. The van der Waals surface area contributed by atoms with Crippen LogP contribution in [-0.2, 0) is 22.6 Å². The molecule has 0 aliphatic carbocycles. The average molecular weight is 337 g/mol. The molecule has 0 unspecified atom stereocenters. The maximum Gasteiger partial charge on any atom is 0.234 e. The van der Waals surface area contributed by atoms with Crippen molar-refractivity contribution in [2.45, 2.75) is 19.4 Å². The van der Waals surface area contributed by atoms with Gasteiger partial charge in [0.1, 0.15) is 12.2 Å². The number of hydrogen-bond donors (Lipinski definition) is 2. The Kier molecular flexibility index (Phi) is 6.55. The fraction of sp³-hybridized carbons (Fsp3) is 0.211. The standard InChI is InChI=1S/C19H19N3O3/c1-25-16-8-6-14(7-9-16)12-19(24)22-17-5-3-2-4-15(17)13-21-18(23)10-11-20/h2-9H,10,12-13H2,1H3,(H,21,23)(H,22,24). The topological polar surface area (TPSA) is 91.2 Å². The van der Waals surface area contributed by atoms with Crippen molar-refractivity contribution in [3.8, 4) is 11.8 Å². The third kappa shape index (κ3) is 5.66. The number of carbonyl (C=O) groups is 2. The number of nitrogens with one attached hydrogen (secondary N) is 2. The van der Waals surface area contributed by atoms with E-state index in [9.17, 15) is 9.59 Å². The van der Waals surface area contributed by atoms with Crippen molar-refractivity contribution in [2.75, 3.05) is 12.4 Å². The highest BCUT2D eigenvalue weighted by Gasteiger charge is 2.09.